The maximum atomic E-state index is 10.9. The lowest BCUT2D eigenvalue weighted by molar-refractivity contribution is 0.111. The Balaban J connectivity index is 3.18. The molecule has 4 heteroatoms. The molecule has 0 amide bonds. The van der Waals surface area contributed by atoms with Gasteiger partial charge in [-0.25, -0.2) is 0 Å². The molecule has 1 aromatic rings. The van der Waals surface area contributed by atoms with Crippen LogP contribution in [0.5, 0.6) is 11.5 Å². The van der Waals surface area contributed by atoms with Crippen molar-refractivity contribution in [3.8, 4) is 11.5 Å². The Kier molecular flexibility index (Phi) is 4.15. The third-order valence-corrected chi connectivity index (χ3v) is 2.35. The summed E-state index contributed by atoms with van der Waals surface area (Å²) in [7, 11) is 1.55. The van der Waals surface area contributed by atoms with Crippen LogP contribution < -0.4 is 9.47 Å². The molecule has 0 fully saturated rings. The monoisotopic (exact) mass is 272 g/mol. The minimum absolute atomic E-state index is 0.0217. The molecule has 1 rings (SSSR count). The van der Waals surface area contributed by atoms with Crippen LogP contribution in [0.1, 0.15) is 24.2 Å². The van der Waals surface area contributed by atoms with Crippen molar-refractivity contribution >= 4 is 22.2 Å². The standard InChI is InChI=1S/C11H13BrO3/c1-7(2)15-11-8(6-13)4-9(14-3)5-10(11)12/h4-7H,1-3H3. The molecule has 0 saturated carbocycles. The molecule has 0 bridgehead atoms. The number of carbonyl (C=O) groups excluding carboxylic acids is 1. The minimum atomic E-state index is 0.0217. The predicted octanol–water partition coefficient (Wildman–Crippen LogP) is 3.06. The second-order valence-electron chi connectivity index (χ2n) is 3.31. The molecule has 0 spiro atoms. The molecule has 0 N–H and O–H groups in total. The van der Waals surface area contributed by atoms with Crippen LogP contribution in [0.2, 0.25) is 0 Å². The van der Waals surface area contributed by atoms with Crippen molar-refractivity contribution in [3.63, 3.8) is 0 Å². The molecule has 1 aromatic carbocycles. The summed E-state index contributed by atoms with van der Waals surface area (Å²) in [6.07, 6.45) is 0.777. The van der Waals surface area contributed by atoms with Crippen LogP contribution in [0.15, 0.2) is 16.6 Å². The summed E-state index contributed by atoms with van der Waals surface area (Å²) >= 11 is 3.34. The molecule has 0 aliphatic heterocycles. The van der Waals surface area contributed by atoms with Gasteiger partial charge in [0, 0.05) is 0 Å². The number of hydrogen-bond acceptors (Lipinski definition) is 3. The molecule has 0 aliphatic rings. The SMILES string of the molecule is COc1cc(Br)c(OC(C)C)c(C=O)c1. The molecule has 0 saturated heterocycles. The first-order valence-corrected chi connectivity index (χ1v) is 5.37. The number of methoxy groups -OCH3 is 1. The Morgan fingerprint density at radius 3 is 2.53 bits per heavy atom. The number of ether oxygens (including phenoxy) is 2. The van der Waals surface area contributed by atoms with Crippen LogP contribution in [0, 0.1) is 0 Å². The van der Waals surface area contributed by atoms with Gasteiger partial charge in [0.2, 0.25) is 0 Å². The molecule has 15 heavy (non-hydrogen) atoms. The fourth-order valence-corrected chi connectivity index (χ4v) is 1.70. The van der Waals surface area contributed by atoms with E-state index in [4.69, 9.17) is 9.47 Å². The molecule has 0 aliphatic carbocycles. The summed E-state index contributed by atoms with van der Waals surface area (Å²) in [6, 6.07) is 3.42. The molecule has 0 atom stereocenters. The van der Waals surface area contributed by atoms with E-state index in [1.807, 2.05) is 13.8 Å². The smallest absolute Gasteiger partial charge is 0.153 e. The molecular weight excluding hydrogens is 260 g/mol. The Hall–Kier alpha value is -1.03. The van der Waals surface area contributed by atoms with E-state index in [1.54, 1.807) is 19.2 Å². The first kappa shape index (κ1) is 12.0. The quantitative estimate of drug-likeness (QED) is 0.791. The first-order chi connectivity index (χ1) is 7.08. The maximum absolute atomic E-state index is 10.9. The number of rotatable bonds is 4. The second-order valence-corrected chi connectivity index (χ2v) is 4.17. The van der Waals surface area contributed by atoms with E-state index < -0.39 is 0 Å². The fraction of sp³-hybridized carbons (Fsp3) is 0.364. The number of aldehydes is 1. The first-order valence-electron chi connectivity index (χ1n) is 4.57. The Labute approximate surface area is 97.5 Å². The van der Waals surface area contributed by atoms with E-state index in [-0.39, 0.29) is 6.10 Å². The van der Waals surface area contributed by atoms with Gasteiger partial charge in [-0.3, -0.25) is 4.79 Å². The van der Waals surface area contributed by atoms with Gasteiger partial charge in [-0.15, -0.1) is 0 Å². The van der Waals surface area contributed by atoms with Gasteiger partial charge in [0.1, 0.15) is 11.5 Å². The molecule has 0 unspecified atom stereocenters. The highest BCUT2D eigenvalue weighted by Crippen LogP contribution is 2.33. The minimum Gasteiger partial charge on any atom is -0.497 e. The maximum Gasteiger partial charge on any atom is 0.153 e. The van der Waals surface area contributed by atoms with Gasteiger partial charge in [0.05, 0.1) is 23.2 Å². The van der Waals surface area contributed by atoms with E-state index in [9.17, 15) is 4.79 Å². The van der Waals surface area contributed by atoms with Crippen molar-refractivity contribution in [1.29, 1.82) is 0 Å². The van der Waals surface area contributed by atoms with Crippen LogP contribution >= 0.6 is 15.9 Å². The zero-order chi connectivity index (χ0) is 11.4. The summed E-state index contributed by atoms with van der Waals surface area (Å²) < 4.78 is 11.3. The lowest BCUT2D eigenvalue weighted by Crippen LogP contribution is -2.08. The van der Waals surface area contributed by atoms with Gasteiger partial charge in [0.25, 0.3) is 0 Å². The highest BCUT2D eigenvalue weighted by Gasteiger charge is 2.11. The summed E-state index contributed by atoms with van der Waals surface area (Å²) in [5.74, 6) is 1.18. The van der Waals surface area contributed by atoms with Crippen molar-refractivity contribution in [2.75, 3.05) is 7.11 Å². The van der Waals surface area contributed by atoms with Gasteiger partial charge in [-0.2, -0.15) is 0 Å². The number of halogens is 1. The zero-order valence-corrected chi connectivity index (χ0v) is 10.5. The van der Waals surface area contributed by atoms with Gasteiger partial charge in [-0.05, 0) is 41.9 Å². The highest BCUT2D eigenvalue weighted by atomic mass is 79.9. The van der Waals surface area contributed by atoms with E-state index in [0.717, 1.165) is 10.8 Å². The van der Waals surface area contributed by atoms with Crippen LogP contribution in [-0.4, -0.2) is 19.5 Å². The van der Waals surface area contributed by atoms with Crippen molar-refractivity contribution in [2.24, 2.45) is 0 Å². The number of hydrogen-bond donors (Lipinski definition) is 0. The normalized spacial score (nSPS) is 10.2. The predicted molar refractivity (Wildman–Crippen MR) is 61.8 cm³/mol. The van der Waals surface area contributed by atoms with Crippen LogP contribution in [0.4, 0.5) is 0 Å². The van der Waals surface area contributed by atoms with Gasteiger partial charge in [-0.1, -0.05) is 0 Å². The zero-order valence-electron chi connectivity index (χ0n) is 8.91. The third-order valence-electron chi connectivity index (χ3n) is 1.76. The third kappa shape index (κ3) is 2.96. The van der Waals surface area contributed by atoms with E-state index in [0.29, 0.717) is 17.1 Å². The average molecular weight is 273 g/mol. The molecule has 0 heterocycles. The molecule has 3 nitrogen and oxygen atoms in total. The van der Waals surface area contributed by atoms with Crippen LogP contribution in [0.3, 0.4) is 0 Å². The lowest BCUT2D eigenvalue weighted by Gasteiger charge is -2.14. The Morgan fingerprint density at radius 1 is 1.40 bits per heavy atom. The van der Waals surface area contributed by atoms with Crippen LogP contribution in [-0.2, 0) is 0 Å². The fourth-order valence-electron chi connectivity index (χ4n) is 1.15. The lowest BCUT2D eigenvalue weighted by atomic mass is 10.2. The van der Waals surface area contributed by atoms with Crippen molar-refractivity contribution in [2.45, 2.75) is 20.0 Å². The summed E-state index contributed by atoms with van der Waals surface area (Å²) in [4.78, 5) is 10.9. The molecule has 0 aromatic heterocycles. The number of benzene rings is 1. The van der Waals surface area contributed by atoms with E-state index in [1.165, 1.54) is 0 Å². The summed E-state index contributed by atoms with van der Waals surface area (Å²) in [6.45, 7) is 3.82. The van der Waals surface area contributed by atoms with Crippen LogP contribution in [0.25, 0.3) is 0 Å². The van der Waals surface area contributed by atoms with Crippen molar-refractivity contribution < 1.29 is 14.3 Å². The Morgan fingerprint density at radius 2 is 2.07 bits per heavy atom. The average Bonchev–Trinajstić information content (AvgIpc) is 2.20. The van der Waals surface area contributed by atoms with E-state index >= 15 is 0 Å². The summed E-state index contributed by atoms with van der Waals surface area (Å²) in [5.41, 5.74) is 0.481. The molecular formula is C11H13BrO3. The van der Waals surface area contributed by atoms with Gasteiger partial charge in [0.15, 0.2) is 6.29 Å². The van der Waals surface area contributed by atoms with Gasteiger partial charge < -0.3 is 9.47 Å². The molecule has 82 valence electrons. The molecule has 0 radical (unpaired) electrons. The van der Waals surface area contributed by atoms with Gasteiger partial charge >= 0.3 is 0 Å². The van der Waals surface area contributed by atoms with E-state index in [2.05, 4.69) is 15.9 Å². The Bertz CT molecular complexity index is 361. The topological polar surface area (TPSA) is 35.5 Å². The van der Waals surface area contributed by atoms with Crippen molar-refractivity contribution in [1.82, 2.24) is 0 Å². The largest absolute Gasteiger partial charge is 0.497 e. The summed E-state index contributed by atoms with van der Waals surface area (Å²) in [5, 5.41) is 0. The number of carbonyl (C=O) groups is 1. The van der Waals surface area contributed by atoms with Crippen molar-refractivity contribution in [3.05, 3.63) is 22.2 Å². The highest BCUT2D eigenvalue weighted by molar-refractivity contribution is 9.10. The second kappa shape index (κ2) is 5.16.